The van der Waals surface area contributed by atoms with Crippen molar-refractivity contribution >= 4 is 12.2 Å². The lowest BCUT2D eigenvalue weighted by Gasteiger charge is -2.07. The van der Waals surface area contributed by atoms with Gasteiger partial charge in [-0.05, 0) is 35.9 Å². The molecule has 0 atom stereocenters. The van der Waals surface area contributed by atoms with Gasteiger partial charge in [-0.3, -0.25) is 4.98 Å². The number of nitrogens with zero attached hydrogens (tertiary/aromatic N) is 3. The largest absolute Gasteiger partial charge is 0.493 e. The normalized spacial score (nSPS) is 10.9. The Kier molecular flexibility index (Phi) is 4.33. The molecule has 0 bridgehead atoms. The molecule has 0 fully saturated rings. The molecule has 3 aromatic rings. The van der Waals surface area contributed by atoms with E-state index < -0.39 is 0 Å². The fourth-order valence-corrected chi connectivity index (χ4v) is 2.03. The summed E-state index contributed by atoms with van der Waals surface area (Å²) in [6, 6.07) is 11.1. The van der Waals surface area contributed by atoms with Crippen molar-refractivity contribution in [3.63, 3.8) is 0 Å². The maximum absolute atomic E-state index is 5.27. The first kappa shape index (κ1) is 14.8. The Bertz CT molecular complexity index is 813. The van der Waals surface area contributed by atoms with Gasteiger partial charge in [0.1, 0.15) is 5.69 Å². The van der Waals surface area contributed by atoms with Crippen LogP contribution in [0.2, 0.25) is 0 Å². The Morgan fingerprint density at radius 1 is 1.00 bits per heavy atom. The Morgan fingerprint density at radius 3 is 2.61 bits per heavy atom. The first-order chi connectivity index (χ1) is 11.3. The Hall–Kier alpha value is -3.15. The van der Waals surface area contributed by atoms with E-state index in [0.717, 1.165) is 5.56 Å². The molecule has 0 aliphatic carbocycles. The van der Waals surface area contributed by atoms with E-state index in [9.17, 15) is 0 Å². The van der Waals surface area contributed by atoms with E-state index in [1.165, 1.54) is 0 Å². The van der Waals surface area contributed by atoms with Crippen LogP contribution >= 0.6 is 0 Å². The van der Waals surface area contributed by atoms with Crippen molar-refractivity contribution in [1.82, 2.24) is 15.1 Å². The van der Waals surface area contributed by atoms with Crippen LogP contribution in [0.25, 0.3) is 23.7 Å². The van der Waals surface area contributed by atoms with Gasteiger partial charge < -0.3 is 14.0 Å². The van der Waals surface area contributed by atoms with Crippen LogP contribution in [0.4, 0.5) is 0 Å². The quantitative estimate of drug-likeness (QED) is 0.720. The fraction of sp³-hybridized carbons (Fsp3) is 0.118. The van der Waals surface area contributed by atoms with Crippen LogP contribution < -0.4 is 9.47 Å². The molecule has 6 nitrogen and oxygen atoms in total. The molecule has 0 aliphatic heterocycles. The van der Waals surface area contributed by atoms with Crippen LogP contribution in [0.15, 0.2) is 47.1 Å². The van der Waals surface area contributed by atoms with E-state index in [4.69, 9.17) is 14.0 Å². The Labute approximate surface area is 133 Å². The van der Waals surface area contributed by atoms with E-state index in [1.54, 1.807) is 26.5 Å². The maximum Gasteiger partial charge on any atom is 0.251 e. The fourth-order valence-electron chi connectivity index (χ4n) is 2.03. The van der Waals surface area contributed by atoms with E-state index in [2.05, 4.69) is 15.1 Å². The molecule has 0 saturated carbocycles. The van der Waals surface area contributed by atoms with Crippen LogP contribution in [0.3, 0.4) is 0 Å². The lowest BCUT2D eigenvalue weighted by molar-refractivity contribution is 0.355. The number of aromatic nitrogens is 3. The van der Waals surface area contributed by atoms with Gasteiger partial charge in [-0.15, -0.1) is 0 Å². The van der Waals surface area contributed by atoms with E-state index in [-0.39, 0.29) is 0 Å². The highest BCUT2D eigenvalue weighted by atomic mass is 16.5. The van der Waals surface area contributed by atoms with Crippen LogP contribution in [0, 0.1) is 0 Å². The summed E-state index contributed by atoms with van der Waals surface area (Å²) in [5.41, 5.74) is 1.60. The summed E-state index contributed by atoms with van der Waals surface area (Å²) in [7, 11) is 3.20. The molecule has 0 spiro atoms. The number of hydrogen-bond donors (Lipinski definition) is 0. The summed E-state index contributed by atoms with van der Waals surface area (Å²) < 4.78 is 15.7. The lowest BCUT2D eigenvalue weighted by Crippen LogP contribution is -1.90. The third kappa shape index (κ3) is 3.37. The van der Waals surface area contributed by atoms with Crippen LogP contribution in [-0.2, 0) is 0 Å². The van der Waals surface area contributed by atoms with Gasteiger partial charge in [0.05, 0.1) is 14.2 Å². The molecule has 2 aromatic heterocycles. The first-order valence-corrected chi connectivity index (χ1v) is 6.95. The highest BCUT2D eigenvalue weighted by Crippen LogP contribution is 2.28. The second kappa shape index (κ2) is 6.74. The Morgan fingerprint density at radius 2 is 1.87 bits per heavy atom. The third-order valence-corrected chi connectivity index (χ3v) is 3.16. The monoisotopic (exact) mass is 309 g/mol. The highest BCUT2D eigenvalue weighted by Gasteiger charge is 2.07. The molecule has 23 heavy (non-hydrogen) atoms. The second-order valence-electron chi connectivity index (χ2n) is 4.62. The van der Waals surface area contributed by atoms with Crippen molar-refractivity contribution in [2.75, 3.05) is 14.2 Å². The molecule has 1 aromatic carbocycles. The topological polar surface area (TPSA) is 70.3 Å². The average Bonchev–Trinajstić information content (AvgIpc) is 3.09. The number of rotatable bonds is 5. The molecule has 0 unspecified atom stereocenters. The zero-order valence-corrected chi connectivity index (χ0v) is 12.8. The number of benzene rings is 1. The summed E-state index contributed by atoms with van der Waals surface area (Å²) in [4.78, 5) is 8.47. The molecule has 0 radical (unpaired) electrons. The Balaban J connectivity index is 1.80. The summed E-state index contributed by atoms with van der Waals surface area (Å²) in [5.74, 6) is 2.20. The smallest absolute Gasteiger partial charge is 0.251 e. The third-order valence-electron chi connectivity index (χ3n) is 3.16. The summed E-state index contributed by atoms with van der Waals surface area (Å²) >= 11 is 0. The van der Waals surface area contributed by atoms with E-state index >= 15 is 0 Å². The van der Waals surface area contributed by atoms with Gasteiger partial charge in [0, 0.05) is 12.3 Å². The van der Waals surface area contributed by atoms with E-state index in [0.29, 0.717) is 28.9 Å². The number of hydrogen-bond acceptors (Lipinski definition) is 6. The van der Waals surface area contributed by atoms with Crippen LogP contribution in [-0.4, -0.2) is 29.3 Å². The van der Waals surface area contributed by atoms with Gasteiger partial charge in [-0.2, -0.15) is 4.98 Å². The number of ether oxygens (including phenoxy) is 2. The van der Waals surface area contributed by atoms with Gasteiger partial charge in [0.2, 0.25) is 5.82 Å². The summed E-state index contributed by atoms with van der Waals surface area (Å²) in [6.45, 7) is 0. The van der Waals surface area contributed by atoms with E-state index in [1.807, 2.05) is 42.5 Å². The van der Waals surface area contributed by atoms with Crippen molar-refractivity contribution in [1.29, 1.82) is 0 Å². The molecule has 0 N–H and O–H groups in total. The van der Waals surface area contributed by atoms with Gasteiger partial charge in [-0.25, -0.2) is 0 Å². The van der Waals surface area contributed by atoms with Gasteiger partial charge in [0.25, 0.3) is 5.89 Å². The molecular formula is C17H15N3O3. The van der Waals surface area contributed by atoms with Gasteiger partial charge in [-0.1, -0.05) is 17.3 Å². The molecule has 0 saturated heterocycles. The van der Waals surface area contributed by atoms with Crippen molar-refractivity contribution < 1.29 is 14.0 Å². The molecule has 0 aliphatic rings. The van der Waals surface area contributed by atoms with Crippen molar-refractivity contribution in [3.8, 4) is 23.0 Å². The number of methoxy groups -OCH3 is 2. The zero-order valence-electron chi connectivity index (χ0n) is 12.8. The molecule has 3 rings (SSSR count). The summed E-state index contributed by atoms with van der Waals surface area (Å²) in [6.07, 6.45) is 5.28. The minimum Gasteiger partial charge on any atom is -0.493 e. The molecule has 2 heterocycles. The second-order valence-corrected chi connectivity index (χ2v) is 4.62. The standard InChI is InChI=1S/C17H15N3O3/c1-21-14-8-6-12(11-15(14)22-2)7-9-16-19-17(20-23-16)13-5-3-4-10-18-13/h3-11H,1-2H3/b9-7+. The zero-order chi connectivity index (χ0) is 16.1. The van der Waals surface area contributed by atoms with Crippen LogP contribution in [0.5, 0.6) is 11.5 Å². The molecule has 0 amide bonds. The van der Waals surface area contributed by atoms with Gasteiger partial charge >= 0.3 is 0 Å². The average molecular weight is 309 g/mol. The number of pyridine rings is 1. The maximum atomic E-state index is 5.27. The predicted octanol–water partition coefficient (Wildman–Crippen LogP) is 3.32. The predicted molar refractivity (Wildman–Crippen MR) is 86.0 cm³/mol. The van der Waals surface area contributed by atoms with Crippen molar-refractivity contribution in [2.45, 2.75) is 0 Å². The molecule has 116 valence electrons. The van der Waals surface area contributed by atoms with Crippen molar-refractivity contribution in [2.24, 2.45) is 0 Å². The SMILES string of the molecule is COc1ccc(/C=C/c2nc(-c3ccccn3)no2)cc1OC. The summed E-state index contributed by atoms with van der Waals surface area (Å²) in [5, 5.41) is 3.92. The van der Waals surface area contributed by atoms with Gasteiger partial charge in [0.15, 0.2) is 11.5 Å². The highest BCUT2D eigenvalue weighted by molar-refractivity contribution is 5.68. The van der Waals surface area contributed by atoms with Crippen LogP contribution in [0.1, 0.15) is 11.5 Å². The lowest BCUT2D eigenvalue weighted by atomic mass is 10.2. The molecular weight excluding hydrogens is 294 g/mol. The minimum atomic E-state index is 0.403. The first-order valence-electron chi connectivity index (χ1n) is 6.95. The van der Waals surface area contributed by atoms with Crippen molar-refractivity contribution in [3.05, 3.63) is 54.0 Å². The minimum absolute atomic E-state index is 0.403. The molecule has 6 heteroatoms.